The summed E-state index contributed by atoms with van der Waals surface area (Å²) in [6.07, 6.45) is 29.2. The highest BCUT2D eigenvalue weighted by molar-refractivity contribution is 5.21. The van der Waals surface area contributed by atoms with Gasteiger partial charge >= 0.3 is 0 Å². The molecule has 0 spiro atoms. The standard InChI is InChI=1S/C27H50N/c1-5-9-12-18-23-28(24-19-13-10-6-2,25-20-14-11-7-3)26-27(8-4)21-16-15-17-22-27/h8,15-17,21H,4-7,9-14,18-20,22-26H2,1-3H3/q+1. The predicted molar refractivity (Wildman–Crippen MR) is 128 cm³/mol. The summed E-state index contributed by atoms with van der Waals surface area (Å²) in [5.41, 5.74) is 0.162. The van der Waals surface area contributed by atoms with Crippen molar-refractivity contribution in [3.8, 4) is 0 Å². The maximum Gasteiger partial charge on any atom is 0.0917 e. The zero-order chi connectivity index (χ0) is 20.6. The molecule has 1 aliphatic carbocycles. The van der Waals surface area contributed by atoms with E-state index in [1.807, 2.05) is 0 Å². The first kappa shape index (κ1) is 25.2. The van der Waals surface area contributed by atoms with E-state index in [0.29, 0.717) is 0 Å². The Balaban J connectivity index is 2.91. The monoisotopic (exact) mass is 388 g/mol. The van der Waals surface area contributed by atoms with Crippen LogP contribution in [0.3, 0.4) is 0 Å². The van der Waals surface area contributed by atoms with Gasteiger partial charge in [-0.1, -0.05) is 89.7 Å². The zero-order valence-corrected chi connectivity index (χ0v) is 19.6. The molecule has 0 aliphatic heterocycles. The molecule has 0 amide bonds. The molecule has 1 rings (SSSR count). The first-order chi connectivity index (χ1) is 13.7. The van der Waals surface area contributed by atoms with Crippen LogP contribution in [-0.4, -0.2) is 30.7 Å². The Morgan fingerprint density at radius 2 is 1.25 bits per heavy atom. The van der Waals surface area contributed by atoms with Crippen LogP contribution in [0, 0.1) is 5.41 Å². The van der Waals surface area contributed by atoms with Gasteiger partial charge in [-0.15, -0.1) is 6.58 Å². The molecule has 1 heteroatoms. The molecule has 0 aromatic carbocycles. The summed E-state index contributed by atoms with van der Waals surface area (Å²) in [6.45, 7) is 16.6. The molecule has 0 heterocycles. The molecule has 0 aromatic rings. The van der Waals surface area contributed by atoms with Gasteiger partial charge in [-0.25, -0.2) is 0 Å². The van der Waals surface area contributed by atoms with Crippen LogP contribution in [0.25, 0.3) is 0 Å². The van der Waals surface area contributed by atoms with Gasteiger partial charge in [0.2, 0.25) is 0 Å². The van der Waals surface area contributed by atoms with Crippen LogP contribution in [0.2, 0.25) is 0 Å². The van der Waals surface area contributed by atoms with Crippen LogP contribution in [0.15, 0.2) is 37.0 Å². The van der Waals surface area contributed by atoms with Crippen molar-refractivity contribution in [2.75, 3.05) is 26.2 Å². The Hall–Kier alpha value is -0.820. The third-order valence-electron chi connectivity index (χ3n) is 6.67. The van der Waals surface area contributed by atoms with E-state index in [0.717, 1.165) is 6.42 Å². The number of quaternary nitrogens is 1. The Morgan fingerprint density at radius 3 is 1.61 bits per heavy atom. The van der Waals surface area contributed by atoms with Crippen LogP contribution in [0.1, 0.15) is 104 Å². The molecule has 0 N–H and O–H groups in total. The first-order valence-electron chi connectivity index (χ1n) is 12.5. The predicted octanol–water partition coefficient (Wildman–Crippen LogP) is 8.23. The van der Waals surface area contributed by atoms with E-state index in [1.165, 1.54) is 108 Å². The molecule has 1 unspecified atom stereocenters. The molecule has 0 bridgehead atoms. The van der Waals surface area contributed by atoms with Gasteiger partial charge in [-0.3, -0.25) is 0 Å². The number of unbranched alkanes of at least 4 members (excludes halogenated alkanes) is 9. The van der Waals surface area contributed by atoms with Crippen molar-refractivity contribution >= 4 is 0 Å². The summed E-state index contributed by atoms with van der Waals surface area (Å²) >= 11 is 0. The van der Waals surface area contributed by atoms with Gasteiger partial charge in [-0.05, 0) is 44.9 Å². The normalized spacial score (nSPS) is 19.2. The van der Waals surface area contributed by atoms with Crippen LogP contribution >= 0.6 is 0 Å². The number of nitrogens with zero attached hydrogens (tertiary/aromatic N) is 1. The Labute approximate surface area is 177 Å². The molecule has 28 heavy (non-hydrogen) atoms. The molecule has 0 saturated carbocycles. The summed E-state index contributed by atoms with van der Waals surface area (Å²) in [6, 6.07) is 0. The number of rotatable bonds is 18. The number of allylic oxidation sites excluding steroid dienone is 3. The van der Waals surface area contributed by atoms with E-state index in [9.17, 15) is 0 Å². The van der Waals surface area contributed by atoms with Gasteiger partial charge in [0.05, 0.1) is 31.6 Å². The molecule has 0 radical (unpaired) electrons. The van der Waals surface area contributed by atoms with Crippen LogP contribution in [-0.2, 0) is 0 Å². The van der Waals surface area contributed by atoms with Crippen LogP contribution in [0.4, 0.5) is 0 Å². The average molecular weight is 389 g/mol. The van der Waals surface area contributed by atoms with Gasteiger partial charge in [0.25, 0.3) is 0 Å². The molecule has 0 saturated heterocycles. The fraction of sp³-hybridized carbons (Fsp3) is 0.778. The highest BCUT2D eigenvalue weighted by atomic mass is 15.4. The van der Waals surface area contributed by atoms with E-state index >= 15 is 0 Å². The summed E-state index contributed by atoms with van der Waals surface area (Å²) in [4.78, 5) is 0. The minimum absolute atomic E-state index is 0.162. The lowest BCUT2D eigenvalue weighted by Gasteiger charge is -2.45. The first-order valence-corrected chi connectivity index (χ1v) is 12.5. The van der Waals surface area contributed by atoms with Crippen LogP contribution < -0.4 is 0 Å². The third-order valence-corrected chi connectivity index (χ3v) is 6.67. The van der Waals surface area contributed by atoms with Crippen molar-refractivity contribution in [2.45, 2.75) is 104 Å². The van der Waals surface area contributed by atoms with E-state index in [1.54, 1.807) is 0 Å². The number of hydrogen-bond acceptors (Lipinski definition) is 0. The average Bonchev–Trinajstić information content (AvgIpc) is 2.72. The second-order valence-electron chi connectivity index (χ2n) is 9.28. The van der Waals surface area contributed by atoms with Gasteiger partial charge < -0.3 is 4.48 Å². The summed E-state index contributed by atoms with van der Waals surface area (Å²) < 4.78 is 1.32. The van der Waals surface area contributed by atoms with Gasteiger partial charge in [0, 0.05) is 0 Å². The zero-order valence-electron chi connectivity index (χ0n) is 19.6. The Bertz CT molecular complexity index is 416. The van der Waals surface area contributed by atoms with Crippen molar-refractivity contribution < 1.29 is 4.48 Å². The molecular formula is C27H50N+. The van der Waals surface area contributed by atoms with Gasteiger partial charge in [0.1, 0.15) is 0 Å². The highest BCUT2D eigenvalue weighted by Gasteiger charge is 2.36. The van der Waals surface area contributed by atoms with Crippen molar-refractivity contribution in [3.63, 3.8) is 0 Å². The molecule has 1 nitrogen and oxygen atoms in total. The molecule has 0 aromatic heterocycles. The van der Waals surface area contributed by atoms with Crippen molar-refractivity contribution in [2.24, 2.45) is 5.41 Å². The van der Waals surface area contributed by atoms with Crippen LogP contribution in [0.5, 0.6) is 0 Å². The minimum Gasteiger partial charge on any atom is -0.323 e. The topological polar surface area (TPSA) is 0 Å². The second kappa shape index (κ2) is 15.1. The minimum atomic E-state index is 0.162. The van der Waals surface area contributed by atoms with Crippen molar-refractivity contribution in [3.05, 3.63) is 37.0 Å². The van der Waals surface area contributed by atoms with E-state index in [2.05, 4.69) is 57.7 Å². The van der Waals surface area contributed by atoms with E-state index in [4.69, 9.17) is 0 Å². The smallest absolute Gasteiger partial charge is 0.0917 e. The molecule has 1 aliphatic rings. The summed E-state index contributed by atoms with van der Waals surface area (Å²) in [5, 5.41) is 0. The lowest BCUT2D eigenvalue weighted by Crippen LogP contribution is -2.55. The molecule has 1 atom stereocenters. The summed E-state index contributed by atoms with van der Waals surface area (Å²) in [7, 11) is 0. The van der Waals surface area contributed by atoms with E-state index < -0.39 is 0 Å². The molecule has 162 valence electrons. The fourth-order valence-corrected chi connectivity index (χ4v) is 4.83. The fourth-order valence-electron chi connectivity index (χ4n) is 4.83. The van der Waals surface area contributed by atoms with Gasteiger partial charge in [0.15, 0.2) is 0 Å². The molecule has 0 fully saturated rings. The SMILES string of the molecule is C=CC1(C[N+](CCCCCC)(CCCCCC)CCCCCC)C=CC=CC1. The Morgan fingerprint density at radius 1 is 0.750 bits per heavy atom. The maximum atomic E-state index is 4.27. The largest absolute Gasteiger partial charge is 0.323 e. The summed E-state index contributed by atoms with van der Waals surface area (Å²) in [5.74, 6) is 0. The Kier molecular flexibility index (Phi) is 13.6. The maximum absolute atomic E-state index is 4.27. The van der Waals surface area contributed by atoms with Crippen molar-refractivity contribution in [1.82, 2.24) is 0 Å². The quantitative estimate of drug-likeness (QED) is 0.126. The molecular weight excluding hydrogens is 338 g/mol. The lowest BCUT2D eigenvalue weighted by molar-refractivity contribution is -0.933. The highest BCUT2D eigenvalue weighted by Crippen LogP contribution is 2.34. The lowest BCUT2D eigenvalue weighted by atomic mass is 9.80. The third kappa shape index (κ3) is 9.59. The van der Waals surface area contributed by atoms with Gasteiger partial charge in [-0.2, -0.15) is 0 Å². The second-order valence-corrected chi connectivity index (χ2v) is 9.28. The van der Waals surface area contributed by atoms with E-state index in [-0.39, 0.29) is 5.41 Å². The number of hydrogen-bond donors (Lipinski definition) is 0. The van der Waals surface area contributed by atoms with Crippen molar-refractivity contribution in [1.29, 1.82) is 0 Å².